The molecule has 0 aromatic heterocycles. The van der Waals surface area contributed by atoms with Crippen LogP contribution in [0.2, 0.25) is 5.02 Å². The van der Waals surface area contributed by atoms with Crippen LogP contribution in [0, 0.1) is 0 Å². The number of aromatic hydroxyl groups is 1. The monoisotopic (exact) mass is 310 g/mol. The van der Waals surface area contributed by atoms with E-state index in [9.17, 15) is 5.11 Å². The van der Waals surface area contributed by atoms with E-state index in [0.29, 0.717) is 16.4 Å². The largest absolute Gasteiger partial charge is 0.506 e. The van der Waals surface area contributed by atoms with Gasteiger partial charge >= 0.3 is 0 Å². The molecule has 3 nitrogen and oxygen atoms in total. The van der Waals surface area contributed by atoms with Gasteiger partial charge in [0.25, 0.3) is 0 Å². The maximum atomic E-state index is 9.57. The third-order valence-electron chi connectivity index (χ3n) is 2.06. The molecule has 0 saturated heterocycles. The Bertz CT molecular complexity index is 572. The second-order valence-corrected chi connectivity index (χ2v) is 4.61. The molecule has 0 aliphatic rings. The molecule has 0 spiro atoms. The lowest BCUT2D eigenvalue weighted by Crippen LogP contribution is -1.70. The molecule has 1 N–H and O–H groups in total. The van der Waals surface area contributed by atoms with E-state index in [2.05, 4.69) is 26.2 Å². The predicted octanol–water partition coefficient (Wildman–Crippen LogP) is 5.22. The highest BCUT2D eigenvalue weighted by Gasteiger charge is 2.01. The molecule has 0 bridgehead atoms. The van der Waals surface area contributed by atoms with Gasteiger partial charge in [-0.15, -0.1) is 10.2 Å². The van der Waals surface area contributed by atoms with Crippen molar-refractivity contribution in [3.8, 4) is 5.75 Å². The Morgan fingerprint density at radius 3 is 2.47 bits per heavy atom. The number of nitrogens with zero attached hydrogens (tertiary/aromatic N) is 2. The van der Waals surface area contributed by atoms with Gasteiger partial charge in [0.1, 0.15) is 17.1 Å². The van der Waals surface area contributed by atoms with E-state index in [1.54, 1.807) is 30.3 Å². The van der Waals surface area contributed by atoms with Gasteiger partial charge in [-0.05, 0) is 30.3 Å². The molecule has 0 atom stereocenters. The molecule has 0 heterocycles. The first-order valence-electron chi connectivity index (χ1n) is 4.81. The highest BCUT2D eigenvalue weighted by atomic mass is 79.9. The maximum Gasteiger partial charge on any atom is 0.143 e. The van der Waals surface area contributed by atoms with Crippen molar-refractivity contribution in [1.82, 2.24) is 0 Å². The fourth-order valence-electron chi connectivity index (χ4n) is 1.22. The average molecular weight is 312 g/mol. The fourth-order valence-corrected chi connectivity index (χ4v) is 1.74. The van der Waals surface area contributed by atoms with Gasteiger partial charge in [0.2, 0.25) is 0 Å². The van der Waals surface area contributed by atoms with Gasteiger partial charge in [0.05, 0.1) is 5.02 Å². The maximum absolute atomic E-state index is 9.57. The summed E-state index contributed by atoms with van der Waals surface area (Å²) in [5.41, 5.74) is 0.952. The van der Waals surface area contributed by atoms with Gasteiger partial charge in [-0.3, -0.25) is 0 Å². The number of rotatable bonds is 2. The molecule has 2 aromatic carbocycles. The zero-order valence-electron chi connectivity index (χ0n) is 8.64. The van der Waals surface area contributed by atoms with Gasteiger partial charge in [0, 0.05) is 4.47 Å². The highest BCUT2D eigenvalue weighted by Crippen LogP contribution is 2.32. The SMILES string of the molecule is Oc1ccc(Br)cc1N=Nc1ccccc1Cl. The summed E-state index contributed by atoms with van der Waals surface area (Å²) in [5, 5.41) is 18.0. The van der Waals surface area contributed by atoms with Crippen LogP contribution in [-0.2, 0) is 0 Å². The van der Waals surface area contributed by atoms with Crippen LogP contribution in [0.5, 0.6) is 5.75 Å². The third-order valence-corrected chi connectivity index (χ3v) is 2.87. The van der Waals surface area contributed by atoms with Crippen molar-refractivity contribution in [1.29, 1.82) is 0 Å². The molecule has 86 valence electrons. The summed E-state index contributed by atoms with van der Waals surface area (Å²) in [7, 11) is 0. The van der Waals surface area contributed by atoms with Crippen LogP contribution in [0.1, 0.15) is 0 Å². The minimum absolute atomic E-state index is 0.0732. The summed E-state index contributed by atoms with van der Waals surface area (Å²) in [6.45, 7) is 0. The second-order valence-electron chi connectivity index (χ2n) is 3.28. The van der Waals surface area contributed by atoms with Crippen molar-refractivity contribution < 1.29 is 5.11 Å². The Morgan fingerprint density at radius 2 is 1.71 bits per heavy atom. The quantitative estimate of drug-likeness (QED) is 0.759. The van der Waals surface area contributed by atoms with Gasteiger partial charge < -0.3 is 5.11 Å². The minimum atomic E-state index is 0.0732. The van der Waals surface area contributed by atoms with E-state index >= 15 is 0 Å². The molecule has 0 fully saturated rings. The Morgan fingerprint density at radius 1 is 1.00 bits per heavy atom. The number of halogens is 2. The average Bonchev–Trinajstić information content (AvgIpc) is 2.32. The van der Waals surface area contributed by atoms with E-state index < -0.39 is 0 Å². The van der Waals surface area contributed by atoms with Crippen LogP contribution in [-0.4, -0.2) is 5.11 Å². The van der Waals surface area contributed by atoms with E-state index in [0.717, 1.165) is 4.47 Å². The van der Waals surface area contributed by atoms with Gasteiger partial charge in [-0.1, -0.05) is 39.7 Å². The second kappa shape index (κ2) is 5.29. The lowest BCUT2D eigenvalue weighted by Gasteiger charge is -1.99. The lowest BCUT2D eigenvalue weighted by atomic mass is 10.3. The smallest absolute Gasteiger partial charge is 0.143 e. The van der Waals surface area contributed by atoms with Gasteiger partial charge in [-0.25, -0.2) is 0 Å². The molecule has 0 amide bonds. The topological polar surface area (TPSA) is 45.0 Å². The van der Waals surface area contributed by atoms with E-state index in [-0.39, 0.29) is 5.75 Å². The molecule has 0 aliphatic carbocycles. The summed E-state index contributed by atoms with van der Waals surface area (Å²) in [5.74, 6) is 0.0732. The van der Waals surface area contributed by atoms with Gasteiger partial charge in [0.15, 0.2) is 0 Å². The van der Waals surface area contributed by atoms with E-state index in [1.807, 2.05) is 12.1 Å². The number of phenols is 1. The Balaban J connectivity index is 2.32. The molecule has 5 heteroatoms. The van der Waals surface area contributed by atoms with Crippen LogP contribution in [0.4, 0.5) is 11.4 Å². The summed E-state index contributed by atoms with van der Waals surface area (Å²) >= 11 is 9.23. The highest BCUT2D eigenvalue weighted by molar-refractivity contribution is 9.10. The Hall–Kier alpha value is -1.39. The third kappa shape index (κ3) is 3.05. The molecule has 2 rings (SSSR count). The molecule has 0 unspecified atom stereocenters. The molecular weight excluding hydrogens is 304 g/mol. The van der Waals surface area contributed by atoms with Crippen LogP contribution in [0.25, 0.3) is 0 Å². The summed E-state index contributed by atoms with van der Waals surface area (Å²) in [6.07, 6.45) is 0. The normalized spacial score (nSPS) is 10.9. The zero-order valence-corrected chi connectivity index (χ0v) is 11.0. The molecule has 17 heavy (non-hydrogen) atoms. The van der Waals surface area contributed by atoms with Crippen molar-refractivity contribution in [3.63, 3.8) is 0 Å². The van der Waals surface area contributed by atoms with Gasteiger partial charge in [-0.2, -0.15) is 0 Å². The molecular formula is C12H8BrClN2O. The first kappa shape index (κ1) is 12.1. The van der Waals surface area contributed by atoms with Crippen LogP contribution in [0.3, 0.4) is 0 Å². The van der Waals surface area contributed by atoms with Crippen molar-refractivity contribution in [2.45, 2.75) is 0 Å². The van der Waals surface area contributed by atoms with Crippen LogP contribution >= 0.6 is 27.5 Å². The minimum Gasteiger partial charge on any atom is -0.506 e. The van der Waals surface area contributed by atoms with Crippen LogP contribution in [0.15, 0.2) is 57.2 Å². The molecule has 0 radical (unpaired) electrons. The number of azo groups is 1. The van der Waals surface area contributed by atoms with E-state index in [4.69, 9.17) is 11.6 Å². The van der Waals surface area contributed by atoms with Crippen molar-refractivity contribution in [3.05, 3.63) is 52.0 Å². The summed E-state index contributed by atoms with van der Waals surface area (Å²) in [4.78, 5) is 0. The molecule has 0 aliphatic heterocycles. The van der Waals surface area contributed by atoms with Crippen molar-refractivity contribution in [2.24, 2.45) is 10.2 Å². The van der Waals surface area contributed by atoms with E-state index in [1.165, 1.54) is 0 Å². The molecule has 2 aromatic rings. The predicted molar refractivity (Wildman–Crippen MR) is 71.4 cm³/mol. The number of phenolic OH excluding ortho intramolecular Hbond substituents is 1. The fraction of sp³-hybridized carbons (Fsp3) is 0. The van der Waals surface area contributed by atoms with Crippen molar-refractivity contribution >= 4 is 38.9 Å². The number of benzene rings is 2. The molecule has 0 saturated carbocycles. The first-order valence-corrected chi connectivity index (χ1v) is 5.99. The summed E-state index contributed by atoms with van der Waals surface area (Å²) in [6, 6.07) is 12.1. The van der Waals surface area contributed by atoms with Crippen molar-refractivity contribution in [2.75, 3.05) is 0 Å². The summed E-state index contributed by atoms with van der Waals surface area (Å²) < 4.78 is 0.823. The zero-order chi connectivity index (χ0) is 12.3. The number of hydrogen-bond acceptors (Lipinski definition) is 3. The number of hydrogen-bond donors (Lipinski definition) is 1. The van der Waals surface area contributed by atoms with Crippen LogP contribution < -0.4 is 0 Å². The first-order chi connectivity index (χ1) is 8.16. The Kier molecular flexibility index (Phi) is 3.76. The Labute approximate surface area is 112 Å². The lowest BCUT2D eigenvalue weighted by molar-refractivity contribution is 0.476. The standard InChI is InChI=1S/C12H8BrClN2O/c13-8-5-6-12(17)11(7-8)16-15-10-4-2-1-3-9(10)14/h1-7,17H.